The lowest BCUT2D eigenvalue weighted by Gasteiger charge is -2.26. The SMILES string of the molecule is O=C(Cn1cc(-c2ccccc2)cn1)N1CCCCC1. The minimum Gasteiger partial charge on any atom is -0.341 e. The summed E-state index contributed by atoms with van der Waals surface area (Å²) in [6.45, 7) is 2.13. The maximum atomic E-state index is 12.2. The highest BCUT2D eigenvalue weighted by Gasteiger charge is 2.17. The first kappa shape index (κ1) is 12.9. The number of amides is 1. The molecule has 1 amide bonds. The van der Waals surface area contributed by atoms with Gasteiger partial charge in [-0.25, -0.2) is 0 Å². The fourth-order valence-electron chi connectivity index (χ4n) is 2.61. The Hall–Kier alpha value is -2.10. The Labute approximate surface area is 119 Å². The number of rotatable bonds is 3. The Bertz CT molecular complexity index is 570. The number of nitrogens with zero attached hydrogens (tertiary/aromatic N) is 3. The third kappa shape index (κ3) is 2.90. The number of carbonyl (C=O) groups excluding carboxylic acids is 1. The molecule has 104 valence electrons. The zero-order chi connectivity index (χ0) is 13.8. The van der Waals surface area contributed by atoms with E-state index in [9.17, 15) is 4.79 Å². The molecule has 0 aliphatic carbocycles. The summed E-state index contributed by atoms with van der Waals surface area (Å²) in [5.74, 6) is 0.174. The molecule has 1 aliphatic heterocycles. The third-order valence-electron chi connectivity index (χ3n) is 3.75. The van der Waals surface area contributed by atoms with Crippen molar-refractivity contribution < 1.29 is 4.79 Å². The van der Waals surface area contributed by atoms with Crippen molar-refractivity contribution in [1.29, 1.82) is 0 Å². The largest absolute Gasteiger partial charge is 0.341 e. The molecule has 0 N–H and O–H groups in total. The molecule has 4 heteroatoms. The van der Waals surface area contributed by atoms with Crippen molar-refractivity contribution in [2.45, 2.75) is 25.8 Å². The standard InChI is InChI=1S/C16H19N3O/c20-16(18-9-5-2-6-10-18)13-19-12-15(11-17-19)14-7-3-1-4-8-14/h1,3-4,7-8,11-12H,2,5-6,9-10,13H2. The molecular weight excluding hydrogens is 250 g/mol. The molecule has 3 rings (SSSR count). The molecule has 2 heterocycles. The van der Waals surface area contributed by atoms with Crippen molar-refractivity contribution >= 4 is 5.91 Å². The minimum atomic E-state index is 0.174. The number of piperidine rings is 1. The van der Waals surface area contributed by atoms with Crippen LogP contribution in [0, 0.1) is 0 Å². The Kier molecular flexibility index (Phi) is 3.81. The molecule has 20 heavy (non-hydrogen) atoms. The van der Waals surface area contributed by atoms with Crippen LogP contribution >= 0.6 is 0 Å². The van der Waals surface area contributed by atoms with Gasteiger partial charge in [-0.1, -0.05) is 30.3 Å². The molecule has 0 saturated carbocycles. The van der Waals surface area contributed by atoms with Crippen molar-refractivity contribution in [3.63, 3.8) is 0 Å². The summed E-state index contributed by atoms with van der Waals surface area (Å²) in [4.78, 5) is 14.1. The summed E-state index contributed by atoms with van der Waals surface area (Å²) < 4.78 is 1.74. The van der Waals surface area contributed by atoms with Gasteiger partial charge in [-0.05, 0) is 24.8 Å². The first-order valence-corrected chi connectivity index (χ1v) is 7.18. The van der Waals surface area contributed by atoms with Gasteiger partial charge < -0.3 is 4.90 Å². The van der Waals surface area contributed by atoms with E-state index in [1.165, 1.54) is 6.42 Å². The van der Waals surface area contributed by atoms with E-state index in [0.29, 0.717) is 6.54 Å². The molecule has 0 spiro atoms. The van der Waals surface area contributed by atoms with Crippen LogP contribution < -0.4 is 0 Å². The molecule has 1 saturated heterocycles. The van der Waals surface area contributed by atoms with Gasteiger partial charge in [-0.2, -0.15) is 5.10 Å². The number of aromatic nitrogens is 2. The van der Waals surface area contributed by atoms with Gasteiger partial charge in [0.1, 0.15) is 6.54 Å². The predicted molar refractivity (Wildman–Crippen MR) is 78.1 cm³/mol. The number of benzene rings is 1. The van der Waals surface area contributed by atoms with E-state index in [4.69, 9.17) is 0 Å². The Balaban J connectivity index is 1.66. The van der Waals surface area contributed by atoms with Gasteiger partial charge in [-0.15, -0.1) is 0 Å². The molecule has 0 bridgehead atoms. The summed E-state index contributed by atoms with van der Waals surface area (Å²) in [5.41, 5.74) is 2.18. The van der Waals surface area contributed by atoms with Gasteiger partial charge in [0.25, 0.3) is 0 Å². The fraction of sp³-hybridized carbons (Fsp3) is 0.375. The van der Waals surface area contributed by atoms with Crippen molar-refractivity contribution in [1.82, 2.24) is 14.7 Å². The van der Waals surface area contributed by atoms with Crippen molar-refractivity contribution in [3.05, 3.63) is 42.7 Å². The highest BCUT2D eigenvalue weighted by molar-refractivity contribution is 5.76. The summed E-state index contributed by atoms with van der Waals surface area (Å²) >= 11 is 0. The van der Waals surface area contributed by atoms with E-state index in [-0.39, 0.29) is 5.91 Å². The fourth-order valence-corrected chi connectivity index (χ4v) is 2.61. The van der Waals surface area contributed by atoms with Gasteiger partial charge in [0.15, 0.2) is 0 Å². The molecule has 1 aromatic carbocycles. The lowest BCUT2D eigenvalue weighted by molar-refractivity contribution is -0.132. The van der Waals surface area contributed by atoms with E-state index in [1.54, 1.807) is 4.68 Å². The van der Waals surface area contributed by atoms with E-state index in [2.05, 4.69) is 5.10 Å². The topological polar surface area (TPSA) is 38.1 Å². The van der Waals surface area contributed by atoms with Crippen LogP contribution in [0.25, 0.3) is 11.1 Å². The third-order valence-corrected chi connectivity index (χ3v) is 3.75. The Morgan fingerprint density at radius 3 is 2.55 bits per heavy atom. The monoisotopic (exact) mass is 269 g/mol. The van der Waals surface area contributed by atoms with Gasteiger partial charge in [0, 0.05) is 24.8 Å². The number of hydrogen-bond acceptors (Lipinski definition) is 2. The van der Waals surface area contributed by atoms with Crippen LogP contribution in [-0.4, -0.2) is 33.7 Å². The van der Waals surface area contributed by atoms with Crippen LogP contribution in [0.4, 0.5) is 0 Å². The second kappa shape index (κ2) is 5.90. The van der Waals surface area contributed by atoms with E-state index in [1.807, 2.05) is 47.6 Å². The van der Waals surface area contributed by atoms with Gasteiger partial charge in [0.2, 0.25) is 5.91 Å². The maximum absolute atomic E-state index is 12.2. The molecule has 4 nitrogen and oxygen atoms in total. The first-order chi connectivity index (χ1) is 9.83. The molecule has 1 aromatic heterocycles. The van der Waals surface area contributed by atoms with Crippen molar-refractivity contribution in [2.24, 2.45) is 0 Å². The van der Waals surface area contributed by atoms with E-state index >= 15 is 0 Å². The Morgan fingerprint density at radius 2 is 1.80 bits per heavy atom. The molecule has 0 unspecified atom stereocenters. The molecular formula is C16H19N3O. The highest BCUT2D eigenvalue weighted by atomic mass is 16.2. The molecule has 0 atom stereocenters. The van der Waals surface area contributed by atoms with Crippen LogP contribution in [-0.2, 0) is 11.3 Å². The summed E-state index contributed by atoms with van der Waals surface area (Å²) in [6.07, 6.45) is 7.25. The van der Waals surface area contributed by atoms with Crippen LogP contribution in [0.5, 0.6) is 0 Å². The Morgan fingerprint density at radius 1 is 1.05 bits per heavy atom. The summed E-state index contributed by atoms with van der Waals surface area (Å²) in [5, 5.41) is 4.30. The first-order valence-electron chi connectivity index (χ1n) is 7.18. The second-order valence-electron chi connectivity index (χ2n) is 5.23. The van der Waals surface area contributed by atoms with Crippen molar-refractivity contribution in [3.8, 4) is 11.1 Å². The van der Waals surface area contributed by atoms with Crippen LogP contribution in [0.2, 0.25) is 0 Å². The maximum Gasteiger partial charge on any atom is 0.244 e. The van der Waals surface area contributed by atoms with Crippen molar-refractivity contribution in [2.75, 3.05) is 13.1 Å². The second-order valence-corrected chi connectivity index (χ2v) is 5.23. The average molecular weight is 269 g/mol. The van der Waals surface area contributed by atoms with E-state index < -0.39 is 0 Å². The van der Waals surface area contributed by atoms with Crippen LogP contribution in [0.15, 0.2) is 42.7 Å². The normalized spacial score (nSPS) is 15.3. The van der Waals surface area contributed by atoms with Gasteiger partial charge in [-0.3, -0.25) is 9.48 Å². The molecule has 1 aliphatic rings. The van der Waals surface area contributed by atoms with Gasteiger partial charge >= 0.3 is 0 Å². The number of likely N-dealkylation sites (tertiary alicyclic amines) is 1. The van der Waals surface area contributed by atoms with Crippen LogP contribution in [0.1, 0.15) is 19.3 Å². The number of hydrogen-bond donors (Lipinski definition) is 0. The van der Waals surface area contributed by atoms with Gasteiger partial charge in [0.05, 0.1) is 6.20 Å². The smallest absolute Gasteiger partial charge is 0.244 e. The lowest BCUT2D eigenvalue weighted by Crippen LogP contribution is -2.37. The quantitative estimate of drug-likeness (QED) is 0.859. The highest BCUT2D eigenvalue weighted by Crippen LogP contribution is 2.17. The summed E-state index contributed by atoms with van der Waals surface area (Å²) in [7, 11) is 0. The molecule has 1 fully saturated rings. The predicted octanol–water partition coefficient (Wildman–Crippen LogP) is 2.56. The van der Waals surface area contributed by atoms with E-state index in [0.717, 1.165) is 37.1 Å². The lowest BCUT2D eigenvalue weighted by atomic mass is 10.1. The molecule has 0 radical (unpaired) electrons. The zero-order valence-electron chi connectivity index (χ0n) is 11.5. The molecule has 2 aromatic rings. The van der Waals surface area contributed by atoms with Crippen LogP contribution in [0.3, 0.4) is 0 Å². The zero-order valence-corrected chi connectivity index (χ0v) is 11.5. The number of carbonyl (C=O) groups is 1. The minimum absolute atomic E-state index is 0.174. The summed E-state index contributed by atoms with van der Waals surface area (Å²) in [6, 6.07) is 10.1. The average Bonchev–Trinajstić information content (AvgIpc) is 2.97.